The molecule has 7 nitrogen and oxygen atoms in total. The van der Waals surface area contributed by atoms with Crippen molar-refractivity contribution in [3.05, 3.63) is 84.2 Å². The molecular formula is C29H33FN2O5S. The van der Waals surface area contributed by atoms with E-state index in [0.29, 0.717) is 18.8 Å². The lowest BCUT2D eigenvalue weighted by atomic mass is 9.83. The number of amides is 1. The number of carbonyl (C=O) groups is 1. The first-order valence-corrected chi connectivity index (χ1v) is 14.2. The lowest BCUT2D eigenvalue weighted by molar-refractivity contribution is -0.121. The zero-order valence-corrected chi connectivity index (χ0v) is 22.6. The maximum atomic E-state index is 13.6. The van der Waals surface area contributed by atoms with Gasteiger partial charge in [-0.05, 0) is 74.4 Å². The number of hydrogen-bond donors (Lipinski definition) is 1. The van der Waals surface area contributed by atoms with Crippen LogP contribution in [0.3, 0.4) is 0 Å². The first-order valence-electron chi connectivity index (χ1n) is 12.8. The minimum atomic E-state index is -4.18. The van der Waals surface area contributed by atoms with Crippen molar-refractivity contribution in [2.24, 2.45) is 0 Å². The van der Waals surface area contributed by atoms with Crippen LogP contribution >= 0.6 is 0 Å². The molecule has 4 rings (SSSR count). The quantitative estimate of drug-likeness (QED) is 0.361. The Bertz CT molecular complexity index is 1360. The van der Waals surface area contributed by atoms with E-state index >= 15 is 0 Å². The number of carbonyl (C=O) groups excluding carboxylic acids is 1. The summed E-state index contributed by atoms with van der Waals surface area (Å²) in [4.78, 5) is 13.3. The molecule has 1 aliphatic heterocycles. The number of rotatable bonds is 10. The van der Waals surface area contributed by atoms with Crippen LogP contribution < -0.4 is 19.1 Å². The first kappa shape index (κ1) is 27.4. The summed E-state index contributed by atoms with van der Waals surface area (Å²) < 4.78 is 53.7. The molecule has 1 atom stereocenters. The van der Waals surface area contributed by atoms with Gasteiger partial charge in [0.1, 0.15) is 29.5 Å². The van der Waals surface area contributed by atoms with E-state index in [1.54, 1.807) is 24.3 Å². The summed E-state index contributed by atoms with van der Waals surface area (Å²) in [5.74, 6) is 0.277. The highest BCUT2D eigenvalue weighted by Gasteiger charge is 2.39. The SMILES string of the molecule is CCOc1ccc(N(CC(=O)N[C@H]2CC(CC)(CC)Oc3ccccc32)S(=O)(=O)c2ccc(F)cc2)cc1. The predicted octanol–water partition coefficient (Wildman–Crippen LogP) is 5.62. The second-order valence-electron chi connectivity index (χ2n) is 9.25. The third-order valence-electron chi connectivity index (χ3n) is 6.95. The van der Waals surface area contributed by atoms with Crippen LogP contribution in [0.15, 0.2) is 77.7 Å². The molecule has 1 aliphatic rings. The van der Waals surface area contributed by atoms with E-state index < -0.39 is 33.9 Å². The van der Waals surface area contributed by atoms with Gasteiger partial charge in [0.05, 0.1) is 23.2 Å². The third kappa shape index (κ3) is 5.78. The van der Waals surface area contributed by atoms with Gasteiger partial charge < -0.3 is 14.8 Å². The second-order valence-corrected chi connectivity index (χ2v) is 11.1. The van der Waals surface area contributed by atoms with Gasteiger partial charge in [0.15, 0.2) is 0 Å². The molecule has 1 N–H and O–H groups in total. The molecule has 202 valence electrons. The van der Waals surface area contributed by atoms with E-state index in [9.17, 15) is 17.6 Å². The number of benzene rings is 3. The van der Waals surface area contributed by atoms with Crippen LogP contribution in [0, 0.1) is 5.82 Å². The number of nitrogens with zero attached hydrogens (tertiary/aromatic N) is 1. The molecule has 0 bridgehead atoms. The average molecular weight is 541 g/mol. The van der Waals surface area contributed by atoms with Gasteiger partial charge in [0.25, 0.3) is 10.0 Å². The molecular weight excluding hydrogens is 507 g/mol. The van der Waals surface area contributed by atoms with E-state index in [1.807, 2.05) is 31.2 Å². The van der Waals surface area contributed by atoms with Gasteiger partial charge >= 0.3 is 0 Å². The van der Waals surface area contributed by atoms with Gasteiger partial charge in [-0.2, -0.15) is 0 Å². The summed E-state index contributed by atoms with van der Waals surface area (Å²) in [6.45, 7) is 5.96. The van der Waals surface area contributed by atoms with Gasteiger partial charge in [0, 0.05) is 12.0 Å². The maximum Gasteiger partial charge on any atom is 0.264 e. The van der Waals surface area contributed by atoms with Crippen LogP contribution in [0.4, 0.5) is 10.1 Å². The molecule has 3 aromatic rings. The molecule has 0 saturated heterocycles. The molecule has 0 aromatic heterocycles. The van der Waals surface area contributed by atoms with Crippen LogP contribution in [0.2, 0.25) is 0 Å². The highest BCUT2D eigenvalue weighted by molar-refractivity contribution is 7.92. The monoisotopic (exact) mass is 540 g/mol. The normalized spacial score (nSPS) is 16.2. The summed E-state index contributed by atoms with van der Waals surface area (Å²) >= 11 is 0. The smallest absolute Gasteiger partial charge is 0.264 e. The van der Waals surface area contributed by atoms with Gasteiger partial charge in [0.2, 0.25) is 5.91 Å². The number of anilines is 1. The Morgan fingerprint density at radius 3 is 2.32 bits per heavy atom. The van der Waals surface area contributed by atoms with E-state index in [4.69, 9.17) is 9.47 Å². The van der Waals surface area contributed by atoms with Crippen molar-refractivity contribution in [2.45, 2.75) is 56.6 Å². The van der Waals surface area contributed by atoms with E-state index in [-0.39, 0.29) is 16.6 Å². The molecule has 0 spiro atoms. The molecule has 38 heavy (non-hydrogen) atoms. The predicted molar refractivity (Wildman–Crippen MR) is 144 cm³/mol. The minimum absolute atomic E-state index is 0.118. The van der Waals surface area contributed by atoms with Crippen LogP contribution in [-0.4, -0.2) is 33.1 Å². The van der Waals surface area contributed by atoms with Crippen LogP contribution in [-0.2, 0) is 14.8 Å². The topological polar surface area (TPSA) is 84.9 Å². The van der Waals surface area contributed by atoms with Gasteiger partial charge in [-0.25, -0.2) is 12.8 Å². The Morgan fingerprint density at radius 1 is 1.03 bits per heavy atom. The van der Waals surface area contributed by atoms with Gasteiger partial charge in [-0.15, -0.1) is 0 Å². The summed E-state index contributed by atoms with van der Waals surface area (Å²) in [6, 6.07) is 18.2. The first-order chi connectivity index (χ1) is 18.2. The Hall–Kier alpha value is -3.59. The van der Waals surface area contributed by atoms with E-state index in [1.165, 1.54) is 12.1 Å². The molecule has 9 heteroatoms. The number of fused-ring (bicyclic) bond motifs is 1. The summed E-state index contributed by atoms with van der Waals surface area (Å²) in [5, 5.41) is 3.05. The maximum absolute atomic E-state index is 13.6. The number of sulfonamides is 1. The standard InChI is InChI=1S/C29H33FN2O5S/c1-4-29(5-2)19-26(25-9-7-8-10-27(25)37-29)31-28(33)20-32(22-13-15-23(16-14-22)36-6-3)38(34,35)24-17-11-21(30)12-18-24/h7-18,26H,4-6,19-20H2,1-3H3,(H,31,33)/t26-/m0/s1. The molecule has 1 amide bonds. The van der Waals surface area contributed by atoms with Crippen molar-refractivity contribution in [3.8, 4) is 11.5 Å². The fraction of sp³-hybridized carbons (Fsp3) is 0.345. The molecule has 0 unspecified atom stereocenters. The van der Waals surface area contributed by atoms with Crippen LogP contribution in [0.25, 0.3) is 0 Å². The summed E-state index contributed by atoms with van der Waals surface area (Å²) in [6.07, 6.45) is 2.10. The number of hydrogen-bond acceptors (Lipinski definition) is 5. The number of nitrogens with one attached hydrogen (secondary N) is 1. The van der Waals surface area contributed by atoms with E-state index in [0.717, 1.165) is 40.6 Å². The molecule has 0 aliphatic carbocycles. The van der Waals surface area contributed by atoms with Crippen molar-refractivity contribution in [1.29, 1.82) is 0 Å². The van der Waals surface area contributed by atoms with Crippen molar-refractivity contribution in [1.82, 2.24) is 5.32 Å². The number of para-hydroxylation sites is 1. The average Bonchev–Trinajstić information content (AvgIpc) is 2.92. The Labute approximate surface area is 223 Å². The van der Waals surface area contributed by atoms with Crippen molar-refractivity contribution in [2.75, 3.05) is 17.5 Å². The van der Waals surface area contributed by atoms with Crippen molar-refractivity contribution < 1.29 is 27.1 Å². The molecule has 0 saturated carbocycles. The van der Waals surface area contributed by atoms with Crippen LogP contribution in [0.5, 0.6) is 11.5 Å². The summed E-state index contributed by atoms with van der Waals surface area (Å²) in [7, 11) is -4.18. The molecule has 0 fully saturated rings. The zero-order valence-electron chi connectivity index (χ0n) is 21.8. The Morgan fingerprint density at radius 2 is 1.68 bits per heavy atom. The lowest BCUT2D eigenvalue weighted by Gasteiger charge is -2.41. The molecule has 1 heterocycles. The fourth-order valence-corrected chi connectivity index (χ4v) is 6.15. The van der Waals surface area contributed by atoms with Crippen molar-refractivity contribution >= 4 is 21.6 Å². The summed E-state index contributed by atoms with van der Waals surface area (Å²) in [5.41, 5.74) is 0.713. The number of halogens is 1. The lowest BCUT2D eigenvalue weighted by Crippen LogP contribution is -2.47. The largest absolute Gasteiger partial charge is 0.494 e. The highest BCUT2D eigenvalue weighted by atomic mass is 32.2. The highest BCUT2D eigenvalue weighted by Crippen LogP contribution is 2.42. The van der Waals surface area contributed by atoms with Crippen LogP contribution in [0.1, 0.15) is 51.6 Å². The van der Waals surface area contributed by atoms with Gasteiger partial charge in [-0.1, -0.05) is 32.0 Å². The minimum Gasteiger partial charge on any atom is -0.494 e. The third-order valence-corrected chi connectivity index (χ3v) is 8.73. The Kier molecular flexibility index (Phi) is 8.26. The number of ether oxygens (including phenoxy) is 2. The molecule has 3 aromatic carbocycles. The Balaban J connectivity index is 1.65. The van der Waals surface area contributed by atoms with E-state index in [2.05, 4.69) is 19.2 Å². The van der Waals surface area contributed by atoms with Gasteiger partial charge in [-0.3, -0.25) is 9.10 Å². The second kappa shape index (κ2) is 11.4. The zero-order chi connectivity index (χ0) is 27.3. The molecule has 0 radical (unpaired) electrons. The van der Waals surface area contributed by atoms with Crippen molar-refractivity contribution in [3.63, 3.8) is 0 Å². The fourth-order valence-electron chi connectivity index (χ4n) is 4.72.